The van der Waals surface area contributed by atoms with E-state index >= 15 is 0 Å². The van der Waals surface area contributed by atoms with Gasteiger partial charge in [-0.05, 0) is 104 Å². The summed E-state index contributed by atoms with van der Waals surface area (Å²) in [7, 11) is 0. The summed E-state index contributed by atoms with van der Waals surface area (Å²) in [5.74, 6) is 0.768. The molecule has 0 bridgehead atoms. The fraction of sp³-hybridized carbons (Fsp3) is 0.667. The van der Waals surface area contributed by atoms with Crippen LogP contribution < -0.4 is 0 Å². The molecule has 0 radical (unpaired) electrons. The van der Waals surface area contributed by atoms with E-state index in [0.717, 1.165) is 5.92 Å². The van der Waals surface area contributed by atoms with Gasteiger partial charge >= 0.3 is 0 Å². The van der Waals surface area contributed by atoms with Crippen molar-refractivity contribution in [3.05, 3.63) is 28.4 Å². The van der Waals surface area contributed by atoms with Crippen LogP contribution in [0.3, 0.4) is 0 Å². The summed E-state index contributed by atoms with van der Waals surface area (Å²) in [6, 6.07) is 4.69. The van der Waals surface area contributed by atoms with Crippen molar-refractivity contribution < 1.29 is 0 Å². The van der Waals surface area contributed by atoms with E-state index < -0.39 is 0 Å². The molecule has 0 N–H and O–H groups in total. The topological polar surface area (TPSA) is 0 Å². The standard InChI is InChI=1S/C18H27I3/c1-3-5-7-9-11-14(10-8-6-4-2)18-16(20)12-15(19)13-17(18)21/h12-14H,3-11H2,1-2H3. The summed E-state index contributed by atoms with van der Waals surface area (Å²) >= 11 is 7.53. The normalized spacial score (nSPS) is 12.6. The Morgan fingerprint density at radius 2 is 1.24 bits per heavy atom. The van der Waals surface area contributed by atoms with Gasteiger partial charge < -0.3 is 0 Å². The first-order valence-electron chi connectivity index (χ1n) is 8.24. The van der Waals surface area contributed by atoms with Crippen LogP contribution in [0.15, 0.2) is 12.1 Å². The Morgan fingerprint density at radius 1 is 0.762 bits per heavy atom. The van der Waals surface area contributed by atoms with E-state index in [1.54, 1.807) is 5.56 Å². The maximum absolute atomic E-state index is 2.55. The number of unbranched alkanes of at least 4 members (excludes halogenated alkanes) is 5. The zero-order valence-corrected chi connectivity index (χ0v) is 19.7. The lowest BCUT2D eigenvalue weighted by molar-refractivity contribution is 0.498. The second-order valence-corrected chi connectivity index (χ2v) is 9.40. The first-order chi connectivity index (χ1) is 10.1. The summed E-state index contributed by atoms with van der Waals surface area (Å²) in [4.78, 5) is 0. The van der Waals surface area contributed by atoms with Crippen molar-refractivity contribution in [2.24, 2.45) is 0 Å². The number of rotatable bonds is 10. The molecule has 0 saturated carbocycles. The average Bonchev–Trinajstić information content (AvgIpc) is 2.42. The molecule has 0 amide bonds. The summed E-state index contributed by atoms with van der Waals surface area (Å²) < 4.78 is 4.31. The van der Waals surface area contributed by atoms with Crippen LogP contribution in [0.4, 0.5) is 0 Å². The van der Waals surface area contributed by atoms with Crippen LogP contribution >= 0.6 is 67.8 Å². The van der Waals surface area contributed by atoms with Crippen LogP contribution in [-0.4, -0.2) is 0 Å². The zero-order chi connectivity index (χ0) is 15.7. The van der Waals surface area contributed by atoms with Gasteiger partial charge in [0.25, 0.3) is 0 Å². The molecule has 0 aromatic heterocycles. The molecule has 1 unspecified atom stereocenters. The van der Waals surface area contributed by atoms with Gasteiger partial charge in [-0.2, -0.15) is 0 Å². The highest BCUT2D eigenvalue weighted by molar-refractivity contribution is 14.1. The highest BCUT2D eigenvalue weighted by Gasteiger charge is 2.17. The molecule has 1 rings (SSSR count). The lowest BCUT2D eigenvalue weighted by Crippen LogP contribution is -2.05. The number of hydrogen-bond acceptors (Lipinski definition) is 0. The van der Waals surface area contributed by atoms with Gasteiger partial charge in [-0.25, -0.2) is 0 Å². The molecule has 1 aromatic carbocycles. The number of halogens is 3. The van der Waals surface area contributed by atoms with Gasteiger partial charge in [0.1, 0.15) is 0 Å². The van der Waals surface area contributed by atoms with E-state index in [9.17, 15) is 0 Å². The lowest BCUT2D eigenvalue weighted by atomic mass is 9.88. The van der Waals surface area contributed by atoms with Gasteiger partial charge in [0, 0.05) is 10.7 Å². The van der Waals surface area contributed by atoms with Gasteiger partial charge in [0.2, 0.25) is 0 Å². The molecular formula is C18H27I3. The summed E-state index contributed by atoms with van der Waals surface area (Å²) in [6.45, 7) is 4.60. The third-order valence-electron chi connectivity index (χ3n) is 4.01. The predicted octanol–water partition coefficient (Wildman–Crippen LogP) is 8.13. The summed E-state index contributed by atoms with van der Waals surface area (Å²) in [6.07, 6.45) is 12.3. The number of benzene rings is 1. The van der Waals surface area contributed by atoms with Crippen LogP contribution in [0.1, 0.15) is 83.1 Å². The molecule has 0 aliphatic rings. The minimum Gasteiger partial charge on any atom is -0.0654 e. The van der Waals surface area contributed by atoms with Gasteiger partial charge in [-0.15, -0.1) is 0 Å². The molecule has 120 valence electrons. The van der Waals surface area contributed by atoms with E-state index in [4.69, 9.17) is 0 Å². The first-order valence-corrected chi connectivity index (χ1v) is 11.5. The molecule has 0 aliphatic heterocycles. The van der Waals surface area contributed by atoms with Gasteiger partial charge in [0.05, 0.1) is 0 Å². The molecule has 0 heterocycles. The molecule has 0 nitrogen and oxygen atoms in total. The van der Waals surface area contributed by atoms with Gasteiger partial charge in [-0.1, -0.05) is 58.8 Å². The quantitative estimate of drug-likeness (QED) is 0.182. The molecule has 21 heavy (non-hydrogen) atoms. The van der Waals surface area contributed by atoms with E-state index in [1.165, 1.54) is 68.5 Å². The van der Waals surface area contributed by atoms with Crippen LogP contribution in [0.25, 0.3) is 0 Å². The Labute approximate surface area is 172 Å². The molecule has 0 saturated heterocycles. The first kappa shape index (κ1) is 20.5. The maximum atomic E-state index is 2.55. The number of hydrogen-bond donors (Lipinski definition) is 0. The van der Waals surface area contributed by atoms with Crippen molar-refractivity contribution in [3.8, 4) is 0 Å². The third-order valence-corrected chi connectivity index (χ3v) is 6.42. The van der Waals surface area contributed by atoms with Crippen LogP contribution in [0.2, 0.25) is 0 Å². The fourth-order valence-corrected chi connectivity index (χ4v) is 7.30. The average molecular weight is 624 g/mol. The predicted molar refractivity (Wildman–Crippen MR) is 120 cm³/mol. The van der Waals surface area contributed by atoms with Crippen molar-refractivity contribution in [1.82, 2.24) is 0 Å². The Balaban J connectivity index is 2.79. The van der Waals surface area contributed by atoms with Crippen molar-refractivity contribution in [3.63, 3.8) is 0 Å². The highest BCUT2D eigenvalue weighted by atomic mass is 127. The molecule has 0 fully saturated rings. The highest BCUT2D eigenvalue weighted by Crippen LogP contribution is 2.35. The van der Waals surface area contributed by atoms with E-state index in [2.05, 4.69) is 93.8 Å². The molecule has 0 spiro atoms. The Morgan fingerprint density at radius 3 is 1.76 bits per heavy atom. The third kappa shape index (κ3) is 7.68. The molecular weight excluding hydrogens is 597 g/mol. The van der Waals surface area contributed by atoms with Crippen LogP contribution in [-0.2, 0) is 0 Å². The van der Waals surface area contributed by atoms with E-state index in [-0.39, 0.29) is 0 Å². The van der Waals surface area contributed by atoms with Gasteiger partial charge in [-0.3, -0.25) is 0 Å². The molecule has 0 aliphatic carbocycles. The largest absolute Gasteiger partial charge is 0.0654 e. The zero-order valence-electron chi connectivity index (χ0n) is 13.2. The van der Waals surface area contributed by atoms with Crippen LogP contribution in [0.5, 0.6) is 0 Å². The molecule has 3 heteroatoms. The smallest absolute Gasteiger partial charge is 0.0186 e. The Kier molecular flexibility index (Phi) is 11.6. The molecule has 1 atom stereocenters. The Bertz CT molecular complexity index is 392. The van der Waals surface area contributed by atoms with E-state index in [0.29, 0.717) is 0 Å². The van der Waals surface area contributed by atoms with Crippen molar-refractivity contribution >= 4 is 67.8 Å². The monoisotopic (exact) mass is 624 g/mol. The summed E-state index contributed by atoms with van der Waals surface area (Å²) in [5, 5.41) is 0. The Hall–Kier alpha value is 1.41. The van der Waals surface area contributed by atoms with Gasteiger partial charge in [0.15, 0.2) is 0 Å². The maximum Gasteiger partial charge on any atom is 0.0186 e. The SMILES string of the molecule is CCCCCCC(CCCCC)c1c(I)cc(I)cc1I. The minimum absolute atomic E-state index is 0.768. The van der Waals surface area contributed by atoms with E-state index in [1.807, 2.05) is 0 Å². The van der Waals surface area contributed by atoms with Crippen LogP contribution in [0, 0.1) is 10.7 Å². The summed E-state index contributed by atoms with van der Waals surface area (Å²) in [5.41, 5.74) is 1.63. The fourth-order valence-electron chi connectivity index (χ4n) is 2.83. The van der Waals surface area contributed by atoms with Crippen molar-refractivity contribution in [2.45, 2.75) is 77.6 Å². The lowest BCUT2D eigenvalue weighted by Gasteiger charge is -2.21. The second-order valence-electron chi connectivity index (χ2n) is 5.83. The molecule has 1 aromatic rings. The van der Waals surface area contributed by atoms with Crippen molar-refractivity contribution in [2.75, 3.05) is 0 Å². The second kappa shape index (κ2) is 11.9. The van der Waals surface area contributed by atoms with Crippen molar-refractivity contribution in [1.29, 1.82) is 0 Å². The minimum atomic E-state index is 0.768.